The summed E-state index contributed by atoms with van der Waals surface area (Å²) >= 11 is 1.45. The topological polar surface area (TPSA) is 86.1 Å². The summed E-state index contributed by atoms with van der Waals surface area (Å²) in [6.45, 7) is 0. The molecule has 0 atom stereocenters. The molecule has 9 heteroatoms. The number of rotatable bonds is 6. The Labute approximate surface area is 168 Å². The Morgan fingerprint density at radius 3 is 2.83 bits per heavy atom. The van der Waals surface area contributed by atoms with Gasteiger partial charge in [-0.25, -0.2) is 9.37 Å². The van der Waals surface area contributed by atoms with Gasteiger partial charge >= 0.3 is 0 Å². The van der Waals surface area contributed by atoms with Crippen LogP contribution in [0.1, 0.15) is 6.42 Å². The summed E-state index contributed by atoms with van der Waals surface area (Å²) in [5.41, 5.74) is 0.971. The summed E-state index contributed by atoms with van der Waals surface area (Å²) in [6, 6.07) is 7.65. The number of aryl methyl sites for hydroxylation is 1. The van der Waals surface area contributed by atoms with E-state index in [1.807, 2.05) is 23.9 Å². The molecule has 0 unspecified atom stereocenters. The molecule has 7 nitrogen and oxygen atoms in total. The average Bonchev–Trinajstić information content (AvgIpc) is 3.30. The standard InChI is InChI=1S/C20H15FN4O3S/c1-25-8-7-23-20(25)17-11-14-19(29-17)16(4-6-22-14)28-15-3-2-12(10-13(15)21)24-18(27)5-9-26/h2-4,6-11H,5H2,1H3,(H,24,27). The molecule has 0 saturated carbocycles. The monoisotopic (exact) mass is 410 g/mol. The summed E-state index contributed by atoms with van der Waals surface area (Å²) in [7, 11) is 1.91. The predicted molar refractivity (Wildman–Crippen MR) is 108 cm³/mol. The molecule has 1 amide bonds. The summed E-state index contributed by atoms with van der Waals surface area (Å²) in [5, 5.41) is 2.45. The SMILES string of the molecule is Cn1ccnc1-c1cc2nccc(Oc3ccc(NC(=O)CC=O)cc3F)c2s1. The highest BCUT2D eigenvalue weighted by Gasteiger charge is 2.15. The number of nitrogens with zero attached hydrogens (tertiary/aromatic N) is 3. The van der Waals surface area contributed by atoms with Crippen LogP contribution in [0.3, 0.4) is 0 Å². The molecule has 0 aliphatic heterocycles. The molecule has 0 radical (unpaired) electrons. The molecule has 1 aromatic carbocycles. The van der Waals surface area contributed by atoms with Crippen molar-refractivity contribution >= 4 is 39.4 Å². The second-order valence-corrected chi connectivity index (χ2v) is 7.21. The van der Waals surface area contributed by atoms with Crippen LogP contribution in [0.5, 0.6) is 11.5 Å². The van der Waals surface area contributed by atoms with Crippen molar-refractivity contribution in [3.63, 3.8) is 0 Å². The first-order chi connectivity index (χ1) is 14.0. The van der Waals surface area contributed by atoms with Crippen molar-refractivity contribution in [3.8, 4) is 22.2 Å². The van der Waals surface area contributed by atoms with E-state index in [0.717, 1.165) is 27.0 Å². The van der Waals surface area contributed by atoms with Crippen LogP contribution in [0.4, 0.5) is 10.1 Å². The van der Waals surface area contributed by atoms with Crippen LogP contribution in [0.15, 0.2) is 48.9 Å². The third-order valence-electron chi connectivity index (χ3n) is 4.12. The van der Waals surface area contributed by atoms with Crippen LogP contribution in [-0.2, 0) is 16.6 Å². The molecular weight excluding hydrogens is 395 g/mol. The Kier molecular flexibility index (Phi) is 5.05. The number of aldehydes is 1. The number of ether oxygens (including phenoxy) is 1. The van der Waals surface area contributed by atoms with Crippen LogP contribution in [0, 0.1) is 5.82 Å². The number of thiophene rings is 1. The maximum atomic E-state index is 14.5. The number of imidazole rings is 1. The van der Waals surface area contributed by atoms with Crippen molar-refractivity contribution in [2.24, 2.45) is 7.05 Å². The summed E-state index contributed by atoms with van der Waals surface area (Å²) in [6.07, 6.45) is 5.37. The van der Waals surface area contributed by atoms with Crippen LogP contribution < -0.4 is 10.1 Å². The van der Waals surface area contributed by atoms with E-state index in [2.05, 4.69) is 15.3 Å². The number of fused-ring (bicyclic) bond motifs is 1. The maximum Gasteiger partial charge on any atom is 0.231 e. The van der Waals surface area contributed by atoms with Gasteiger partial charge in [0.15, 0.2) is 11.6 Å². The third kappa shape index (κ3) is 3.85. The number of pyridine rings is 1. The zero-order valence-electron chi connectivity index (χ0n) is 15.3. The highest BCUT2D eigenvalue weighted by atomic mass is 32.1. The first-order valence-electron chi connectivity index (χ1n) is 8.62. The molecule has 29 heavy (non-hydrogen) atoms. The van der Waals surface area contributed by atoms with Crippen LogP contribution >= 0.6 is 11.3 Å². The minimum absolute atomic E-state index is 0.0119. The van der Waals surface area contributed by atoms with E-state index in [4.69, 9.17) is 4.74 Å². The molecule has 4 rings (SSSR count). The largest absolute Gasteiger partial charge is 0.453 e. The number of carbonyl (C=O) groups excluding carboxylic acids is 2. The van der Waals surface area contributed by atoms with Gasteiger partial charge in [0.1, 0.15) is 17.9 Å². The maximum absolute atomic E-state index is 14.5. The lowest BCUT2D eigenvalue weighted by atomic mass is 10.2. The number of carbonyl (C=O) groups is 2. The molecule has 3 aromatic heterocycles. The van der Waals surface area contributed by atoms with E-state index in [0.29, 0.717) is 12.0 Å². The fraction of sp³-hybridized carbons (Fsp3) is 0.100. The number of halogens is 1. The molecule has 0 saturated heterocycles. The van der Waals surface area contributed by atoms with Gasteiger partial charge in [-0.1, -0.05) is 0 Å². The zero-order chi connectivity index (χ0) is 20.4. The van der Waals surface area contributed by atoms with Crippen LogP contribution in [0.2, 0.25) is 0 Å². The van der Waals surface area contributed by atoms with Crippen LogP contribution in [-0.4, -0.2) is 26.7 Å². The number of anilines is 1. The lowest BCUT2D eigenvalue weighted by Gasteiger charge is -2.09. The number of hydrogen-bond donors (Lipinski definition) is 1. The zero-order valence-corrected chi connectivity index (χ0v) is 16.1. The Bertz CT molecular complexity index is 1220. The summed E-state index contributed by atoms with van der Waals surface area (Å²) in [5.74, 6) is 0.138. The third-order valence-corrected chi connectivity index (χ3v) is 5.26. The van der Waals surface area contributed by atoms with E-state index in [1.165, 1.54) is 23.5 Å². The highest BCUT2D eigenvalue weighted by molar-refractivity contribution is 7.22. The minimum atomic E-state index is -0.639. The molecule has 0 aliphatic carbocycles. The Morgan fingerprint density at radius 2 is 2.10 bits per heavy atom. The van der Waals surface area contributed by atoms with Crippen molar-refractivity contribution < 1.29 is 18.7 Å². The number of nitrogens with one attached hydrogen (secondary N) is 1. The predicted octanol–water partition coefficient (Wildman–Crippen LogP) is 4.16. The molecule has 0 fully saturated rings. The first-order valence-corrected chi connectivity index (χ1v) is 9.44. The molecule has 3 heterocycles. The Hall–Kier alpha value is -3.59. The van der Waals surface area contributed by atoms with Gasteiger partial charge in [-0.2, -0.15) is 0 Å². The van der Waals surface area contributed by atoms with Crippen LogP contribution in [0.25, 0.3) is 20.9 Å². The Morgan fingerprint density at radius 1 is 1.24 bits per heavy atom. The van der Waals surface area contributed by atoms with E-state index in [1.54, 1.807) is 18.5 Å². The average molecular weight is 410 g/mol. The van der Waals surface area contributed by atoms with Gasteiger partial charge in [0, 0.05) is 43.5 Å². The highest BCUT2D eigenvalue weighted by Crippen LogP contribution is 2.39. The van der Waals surface area contributed by atoms with E-state index >= 15 is 0 Å². The number of benzene rings is 1. The summed E-state index contributed by atoms with van der Waals surface area (Å²) in [4.78, 5) is 31.4. The number of amides is 1. The van der Waals surface area contributed by atoms with Gasteiger partial charge in [-0.05, 0) is 18.2 Å². The molecule has 0 aliphatic rings. The minimum Gasteiger partial charge on any atom is -0.453 e. The van der Waals surface area contributed by atoms with Crippen molar-refractivity contribution in [3.05, 3.63) is 54.7 Å². The molecule has 4 aromatic rings. The first kappa shape index (κ1) is 18.8. The van der Waals surface area contributed by atoms with Crippen molar-refractivity contribution in [1.82, 2.24) is 14.5 Å². The lowest BCUT2D eigenvalue weighted by molar-refractivity contribution is -0.119. The van der Waals surface area contributed by atoms with Crippen molar-refractivity contribution in [1.29, 1.82) is 0 Å². The second kappa shape index (κ2) is 7.80. The van der Waals surface area contributed by atoms with Gasteiger partial charge in [0.05, 0.1) is 21.5 Å². The van der Waals surface area contributed by atoms with E-state index in [-0.39, 0.29) is 17.9 Å². The van der Waals surface area contributed by atoms with E-state index < -0.39 is 11.7 Å². The van der Waals surface area contributed by atoms with Crippen molar-refractivity contribution in [2.45, 2.75) is 6.42 Å². The lowest BCUT2D eigenvalue weighted by Crippen LogP contribution is -2.11. The van der Waals surface area contributed by atoms with Gasteiger partial charge in [-0.3, -0.25) is 9.78 Å². The summed E-state index contributed by atoms with van der Waals surface area (Å²) < 4.78 is 22.9. The number of aromatic nitrogens is 3. The number of hydrogen-bond acceptors (Lipinski definition) is 6. The normalized spacial score (nSPS) is 10.8. The fourth-order valence-electron chi connectivity index (χ4n) is 2.78. The Balaban J connectivity index is 1.62. The van der Waals surface area contributed by atoms with Gasteiger partial charge in [-0.15, -0.1) is 11.3 Å². The van der Waals surface area contributed by atoms with Crippen molar-refractivity contribution in [2.75, 3.05) is 5.32 Å². The molecule has 146 valence electrons. The molecular formula is C20H15FN4O3S. The second-order valence-electron chi connectivity index (χ2n) is 6.16. The van der Waals surface area contributed by atoms with Gasteiger partial charge in [0.25, 0.3) is 0 Å². The molecule has 0 spiro atoms. The molecule has 0 bridgehead atoms. The fourth-order valence-corrected chi connectivity index (χ4v) is 3.88. The molecule has 1 N–H and O–H groups in total. The van der Waals surface area contributed by atoms with Gasteiger partial charge < -0.3 is 19.4 Å². The smallest absolute Gasteiger partial charge is 0.231 e. The van der Waals surface area contributed by atoms with E-state index in [9.17, 15) is 14.0 Å². The quantitative estimate of drug-likeness (QED) is 0.381. The van der Waals surface area contributed by atoms with Gasteiger partial charge in [0.2, 0.25) is 5.91 Å².